The number of methoxy groups -OCH3 is 1. The first-order valence-corrected chi connectivity index (χ1v) is 4.71. The zero-order valence-electron chi connectivity index (χ0n) is 8.08. The molecule has 1 rings (SSSR count). The maximum absolute atomic E-state index is 11.3. The zero-order chi connectivity index (χ0) is 9.68. The molecule has 1 fully saturated rings. The van der Waals surface area contributed by atoms with Crippen molar-refractivity contribution in [3.63, 3.8) is 0 Å². The quantitative estimate of drug-likeness (QED) is 0.381. The van der Waals surface area contributed by atoms with Crippen LogP contribution in [0.25, 0.3) is 0 Å². The van der Waals surface area contributed by atoms with E-state index in [2.05, 4.69) is 11.9 Å². The van der Waals surface area contributed by atoms with E-state index in [1.165, 1.54) is 7.11 Å². The smallest absolute Gasteiger partial charge is 0.323 e. The highest BCUT2D eigenvalue weighted by Gasteiger charge is 2.36. The Kier molecular flexibility index (Phi) is 3.96. The lowest BCUT2D eigenvalue weighted by Crippen LogP contribution is -2.39. The Balaban J connectivity index is 2.29. The van der Waals surface area contributed by atoms with E-state index in [0.717, 1.165) is 25.8 Å². The molecule has 0 spiro atoms. The number of ether oxygens (including phenoxy) is 1. The number of carbonyl (C=O) groups is 1. The highest BCUT2D eigenvalue weighted by Crippen LogP contribution is 2.33. The number of esters is 1. The number of hydrogen-bond acceptors (Lipinski definition) is 3. The fourth-order valence-electron chi connectivity index (χ4n) is 1.34. The summed E-state index contributed by atoms with van der Waals surface area (Å²) < 4.78 is 4.72. The second-order valence-corrected chi connectivity index (χ2v) is 3.37. The molecule has 0 heterocycles. The van der Waals surface area contributed by atoms with Crippen molar-refractivity contribution >= 4 is 5.97 Å². The average molecular weight is 183 g/mol. The van der Waals surface area contributed by atoms with Crippen molar-refractivity contribution in [3.05, 3.63) is 12.7 Å². The number of carbonyl (C=O) groups excluding carboxylic acids is 1. The van der Waals surface area contributed by atoms with Gasteiger partial charge in [-0.1, -0.05) is 6.08 Å². The summed E-state index contributed by atoms with van der Waals surface area (Å²) in [6.07, 6.45) is 5.01. The van der Waals surface area contributed by atoms with Crippen LogP contribution in [0.4, 0.5) is 0 Å². The first-order chi connectivity index (χ1) is 6.29. The summed E-state index contributed by atoms with van der Waals surface area (Å²) in [7, 11) is 1.44. The Bertz CT molecular complexity index is 187. The Labute approximate surface area is 79.2 Å². The van der Waals surface area contributed by atoms with Crippen molar-refractivity contribution in [2.75, 3.05) is 13.7 Å². The van der Waals surface area contributed by atoms with E-state index in [0.29, 0.717) is 5.92 Å². The molecule has 0 aliphatic heterocycles. The van der Waals surface area contributed by atoms with Gasteiger partial charge in [0.25, 0.3) is 0 Å². The molecule has 1 saturated carbocycles. The van der Waals surface area contributed by atoms with Gasteiger partial charge in [0, 0.05) is 0 Å². The first-order valence-electron chi connectivity index (χ1n) is 4.71. The molecule has 3 heteroatoms. The summed E-state index contributed by atoms with van der Waals surface area (Å²) in [5, 5.41) is 3.19. The lowest BCUT2D eigenvalue weighted by molar-refractivity contribution is -0.143. The van der Waals surface area contributed by atoms with E-state index in [9.17, 15) is 4.79 Å². The van der Waals surface area contributed by atoms with E-state index < -0.39 is 0 Å². The molecule has 0 aromatic carbocycles. The van der Waals surface area contributed by atoms with Gasteiger partial charge < -0.3 is 10.1 Å². The van der Waals surface area contributed by atoms with Gasteiger partial charge in [0.05, 0.1) is 7.11 Å². The molecule has 3 nitrogen and oxygen atoms in total. The lowest BCUT2D eigenvalue weighted by atomic mass is 10.2. The van der Waals surface area contributed by atoms with Crippen LogP contribution in [0.5, 0.6) is 0 Å². The van der Waals surface area contributed by atoms with Crippen molar-refractivity contribution in [3.8, 4) is 0 Å². The largest absolute Gasteiger partial charge is 0.468 e. The number of nitrogens with one attached hydrogen (secondary N) is 1. The normalized spacial score (nSPS) is 17.9. The van der Waals surface area contributed by atoms with Crippen LogP contribution < -0.4 is 5.32 Å². The van der Waals surface area contributed by atoms with Crippen LogP contribution in [0.1, 0.15) is 19.3 Å². The van der Waals surface area contributed by atoms with Crippen molar-refractivity contribution in [1.82, 2.24) is 5.32 Å². The maximum atomic E-state index is 11.3. The van der Waals surface area contributed by atoms with Crippen molar-refractivity contribution in [2.45, 2.75) is 25.3 Å². The Morgan fingerprint density at radius 3 is 2.92 bits per heavy atom. The molecular formula is C10H17NO2. The third-order valence-corrected chi connectivity index (χ3v) is 2.26. The van der Waals surface area contributed by atoms with E-state index in [4.69, 9.17) is 4.74 Å². The third-order valence-electron chi connectivity index (χ3n) is 2.26. The minimum atomic E-state index is -0.133. The minimum Gasteiger partial charge on any atom is -0.468 e. The Hall–Kier alpha value is -0.830. The summed E-state index contributed by atoms with van der Waals surface area (Å²) >= 11 is 0. The molecule has 1 aliphatic rings. The van der Waals surface area contributed by atoms with Crippen LogP contribution in [-0.4, -0.2) is 25.7 Å². The molecule has 0 aromatic rings. The molecule has 0 amide bonds. The fourth-order valence-corrected chi connectivity index (χ4v) is 1.34. The average Bonchev–Trinajstić information content (AvgIpc) is 2.95. The lowest BCUT2D eigenvalue weighted by Gasteiger charge is -2.14. The van der Waals surface area contributed by atoms with Crippen LogP contribution in [0.15, 0.2) is 12.7 Å². The van der Waals surface area contributed by atoms with Crippen LogP contribution in [0.3, 0.4) is 0 Å². The molecule has 0 saturated heterocycles. The molecule has 0 radical (unpaired) electrons. The van der Waals surface area contributed by atoms with Gasteiger partial charge >= 0.3 is 5.97 Å². The predicted octanol–water partition coefficient (Wildman–Crippen LogP) is 1.10. The van der Waals surface area contributed by atoms with Crippen molar-refractivity contribution in [1.29, 1.82) is 0 Å². The molecule has 1 aliphatic carbocycles. The molecule has 0 bridgehead atoms. The summed E-state index contributed by atoms with van der Waals surface area (Å²) in [6.45, 7) is 4.43. The number of rotatable bonds is 6. The molecule has 13 heavy (non-hydrogen) atoms. The molecule has 1 atom stereocenters. The van der Waals surface area contributed by atoms with Crippen LogP contribution >= 0.6 is 0 Å². The SMILES string of the molecule is C=CCCNC(C(=O)OC)C1CC1. The van der Waals surface area contributed by atoms with Gasteiger partial charge in [0.15, 0.2) is 0 Å². The Morgan fingerprint density at radius 1 is 1.77 bits per heavy atom. The fraction of sp³-hybridized carbons (Fsp3) is 0.700. The van der Waals surface area contributed by atoms with E-state index >= 15 is 0 Å². The van der Waals surface area contributed by atoms with E-state index in [1.807, 2.05) is 6.08 Å². The Morgan fingerprint density at radius 2 is 2.46 bits per heavy atom. The van der Waals surface area contributed by atoms with Gasteiger partial charge in [-0.3, -0.25) is 4.79 Å². The third kappa shape index (κ3) is 3.19. The topological polar surface area (TPSA) is 38.3 Å². The highest BCUT2D eigenvalue weighted by atomic mass is 16.5. The summed E-state index contributed by atoms with van der Waals surface area (Å²) in [5.74, 6) is 0.365. The van der Waals surface area contributed by atoms with Gasteiger partial charge in [-0.05, 0) is 31.7 Å². The van der Waals surface area contributed by atoms with Crippen LogP contribution in [-0.2, 0) is 9.53 Å². The molecule has 1 unspecified atom stereocenters. The second-order valence-electron chi connectivity index (χ2n) is 3.37. The van der Waals surface area contributed by atoms with Crippen LogP contribution in [0, 0.1) is 5.92 Å². The molecular weight excluding hydrogens is 166 g/mol. The molecule has 0 aromatic heterocycles. The zero-order valence-corrected chi connectivity index (χ0v) is 8.08. The van der Waals surface area contributed by atoms with Crippen molar-refractivity contribution < 1.29 is 9.53 Å². The number of hydrogen-bond donors (Lipinski definition) is 1. The van der Waals surface area contributed by atoms with Gasteiger partial charge in [-0.15, -0.1) is 6.58 Å². The van der Waals surface area contributed by atoms with Gasteiger partial charge in [-0.25, -0.2) is 0 Å². The highest BCUT2D eigenvalue weighted by molar-refractivity contribution is 5.76. The summed E-state index contributed by atoms with van der Waals surface area (Å²) in [5.41, 5.74) is 0. The summed E-state index contributed by atoms with van der Waals surface area (Å²) in [6, 6.07) is -0.0926. The standard InChI is InChI=1S/C10H17NO2/c1-3-4-7-11-9(8-5-6-8)10(12)13-2/h3,8-9,11H,1,4-7H2,2H3. The minimum absolute atomic E-state index is 0.0926. The molecule has 74 valence electrons. The van der Waals surface area contributed by atoms with Gasteiger partial charge in [-0.2, -0.15) is 0 Å². The van der Waals surface area contributed by atoms with E-state index in [-0.39, 0.29) is 12.0 Å². The second kappa shape index (κ2) is 5.02. The van der Waals surface area contributed by atoms with Crippen LogP contribution in [0.2, 0.25) is 0 Å². The monoisotopic (exact) mass is 183 g/mol. The summed E-state index contributed by atoms with van der Waals surface area (Å²) in [4.78, 5) is 11.3. The van der Waals surface area contributed by atoms with Crippen molar-refractivity contribution in [2.24, 2.45) is 5.92 Å². The maximum Gasteiger partial charge on any atom is 0.323 e. The van der Waals surface area contributed by atoms with Gasteiger partial charge in [0.2, 0.25) is 0 Å². The van der Waals surface area contributed by atoms with Gasteiger partial charge in [0.1, 0.15) is 6.04 Å². The molecule has 1 N–H and O–H groups in total. The first kappa shape index (κ1) is 10.3. The predicted molar refractivity (Wildman–Crippen MR) is 51.3 cm³/mol. The van der Waals surface area contributed by atoms with E-state index in [1.54, 1.807) is 0 Å².